The molecule has 0 radical (unpaired) electrons. The number of Topliss-reactive ketones (excluding diaryl/α,β-unsaturated/α-hetero) is 1. The molecule has 0 N–H and O–H groups in total. The van der Waals surface area contributed by atoms with Gasteiger partial charge < -0.3 is 28.4 Å². The van der Waals surface area contributed by atoms with E-state index in [2.05, 4.69) is 13.8 Å². The zero-order chi connectivity index (χ0) is 20.2. The van der Waals surface area contributed by atoms with Crippen molar-refractivity contribution in [1.29, 1.82) is 0 Å². The molecular weight excluding hydrogens is 352 g/mol. The van der Waals surface area contributed by atoms with Crippen molar-refractivity contribution in [2.45, 2.75) is 34.1 Å². The number of ketones is 1. The molecule has 0 aromatic carbocycles. The van der Waals surface area contributed by atoms with Crippen LogP contribution in [0.25, 0.3) is 0 Å². The maximum Gasteiger partial charge on any atom is 0.160 e. The Kier molecular flexibility index (Phi) is 19.7. The van der Waals surface area contributed by atoms with Crippen molar-refractivity contribution in [3.8, 4) is 0 Å². The van der Waals surface area contributed by atoms with Gasteiger partial charge >= 0.3 is 0 Å². The second-order valence-corrected chi connectivity index (χ2v) is 6.92. The Labute approximate surface area is 165 Å². The molecule has 162 valence electrons. The van der Waals surface area contributed by atoms with Crippen LogP contribution >= 0.6 is 0 Å². The van der Waals surface area contributed by atoms with E-state index in [0.29, 0.717) is 72.0 Å². The van der Waals surface area contributed by atoms with Crippen LogP contribution in [0.5, 0.6) is 0 Å². The monoisotopic (exact) mass is 392 g/mol. The van der Waals surface area contributed by atoms with E-state index in [1.807, 2.05) is 13.8 Å². The van der Waals surface area contributed by atoms with E-state index in [-0.39, 0.29) is 18.3 Å². The van der Waals surface area contributed by atoms with Gasteiger partial charge in [0, 0.05) is 12.5 Å². The van der Waals surface area contributed by atoms with Crippen molar-refractivity contribution in [2.24, 2.45) is 11.8 Å². The third kappa shape index (κ3) is 21.6. The van der Waals surface area contributed by atoms with Crippen molar-refractivity contribution in [3.05, 3.63) is 0 Å². The first-order chi connectivity index (χ1) is 13.0. The van der Waals surface area contributed by atoms with Crippen LogP contribution in [-0.2, 0) is 33.2 Å². The second kappa shape index (κ2) is 20.2. The zero-order valence-electron chi connectivity index (χ0n) is 17.7. The van der Waals surface area contributed by atoms with Gasteiger partial charge in [-0.1, -0.05) is 27.7 Å². The van der Waals surface area contributed by atoms with Crippen molar-refractivity contribution < 1.29 is 33.2 Å². The molecule has 7 nitrogen and oxygen atoms in total. The molecule has 27 heavy (non-hydrogen) atoms. The molecule has 0 heterocycles. The molecule has 7 heteroatoms. The number of hydrogen-bond acceptors (Lipinski definition) is 7. The van der Waals surface area contributed by atoms with Crippen molar-refractivity contribution in [3.63, 3.8) is 0 Å². The lowest BCUT2D eigenvalue weighted by molar-refractivity contribution is -0.127. The van der Waals surface area contributed by atoms with Gasteiger partial charge in [0.05, 0.1) is 66.1 Å². The molecule has 0 saturated carbocycles. The summed E-state index contributed by atoms with van der Waals surface area (Å²) in [5.41, 5.74) is 0. The molecule has 0 aliphatic carbocycles. The van der Waals surface area contributed by atoms with E-state index in [9.17, 15) is 4.79 Å². The molecule has 0 aliphatic rings. The van der Waals surface area contributed by atoms with Crippen LogP contribution < -0.4 is 0 Å². The summed E-state index contributed by atoms with van der Waals surface area (Å²) in [5, 5.41) is 0. The summed E-state index contributed by atoms with van der Waals surface area (Å²) in [4.78, 5) is 11.3. The topological polar surface area (TPSA) is 72.5 Å². The van der Waals surface area contributed by atoms with E-state index < -0.39 is 0 Å². The minimum Gasteiger partial charge on any atom is -0.379 e. The maximum atomic E-state index is 11.3. The normalized spacial score (nSPS) is 11.6. The highest BCUT2D eigenvalue weighted by atomic mass is 16.6. The summed E-state index contributed by atoms with van der Waals surface area (Å²) < 4.78 is 32.3. The smallest absolute Gasteiger partial charge is 0.160 e. The fourth-order valence-electron chi connectivity index (χ4n) is 1.76. The summed E-state index contributed by atoms with van der Waals surface area (Å²) in [7, 11) is 0. The average molecular weight is 393 g/mol. The van der Waals surface area contributed by atoms with Gasteiger partial charge in [0.1, 0.15) is 6.61 Å². The SMILES string of the molecule is CC(C)CCOCCOCCOCCOCCOCCOCC(=O)C(C)C. The Morgan fingerprint density at radius 3 is 1.22 bits per heavy atom. The summed E-state index contributed by atoms with van der Waals surface area (Å²) in [6, 6.07) is 0. The zero-order valence-corrected chi connectivity index (χ0v) is 17.7. The van der Waals surface area contributed by atoms with Gasteiger partial charge in [-0.25, -0.2) is 0 Å². The number of rotatable bonds is 21. The molecule has 0 aliphatic heterocycles. The summed E-state index contributed by atoms with van der Waals surface area (Å²) >= 11 is 0. The molecular formula is C20H40O7. The Hall–Kier alpha value is -0.570. The van der Waals surface area contributed by atoms with Crippen LogP contribution in [0.4, 0.5) is 0 Å². The van der Waals surface area contributed by atoms with E-state index >= 15 is 0 Å². The van der Waals surface area contributed by atoms with E-state index in [4.69, 9.17) is 28.4 Å². The number of ether oxygens (including phenoxy) is 6. The van der Waals surface area contributed by atoms with Crippen LogP contribution in [0.3, 0.4) is 0 Å². The Balaban J connectivity index is 3.06. The van der Waals surface area contributed by atoms with Gasteiger partial charge in [-0.05, 0) is 12.3 Å². The van der Waals surface area contributed by atoms with Crippen LogP contribution in [0, 0.1) is 11.8 Å². The summed E-state index contributed by atoms with van der Waals surface area (Å²) in [6.07, 6.45) is 1.08. The highest BCUT2D eigenvalue weighted by molar-refractivity contribution is 5.81. The Morgan fingerprint density at radius 1 is 0.556 bits per heavy atom. The fraction of sp³-hybridized carbons (Fsp3) is 0.950. The third-order valence-corrected chi connectivity index (χ3v) is 3.59. The predicted molar refractivity (Wildman–Crippen MR) is 104 cm³/mol. The molecule has 0 unspecified atom stereocenters. The van der Waals surface area contributed by atoms with Crippen molar-refractivity contribution in [2.75, 3.05) is 79.3 Å². The minimum atomic E-state index is 0.0154. The highest BCUT2D eigenvalue weighted by Crippen LogP contribution is 1.98. The Bertz CT molecular complexity index is 321. The van der Waals surface area contributed by atoms with Crippen LogP contribution in [0.2, 0.25) is 0 Å². The van der Waals surface area contributed by atoms with Crippen molar-refractivity contribution in [1.82, 2.24) is 0 Å². The lowest BCUT2D eigenvalue weighted by Gasteiger charge is -2.09. The first-order valence-electron chi connectivity index (χ1n) is 10.0. The second-order valence-electron chi connectivity index (χ2n) is 6.92. The molecule has 0 aromatic rings. The third-order valence-electron chi connectivity index (χ3n) is 3.59. The minimum absolute atomic E-state index is 0.0154. The molecule has 0 saturated heterocycles. The van der Waals surface area contributed by atoms with Gasteiger partial charge in [-0.2, -0.15) is 0 Å². The standard InChI is InChI=1S/C20H40O7/c1-18(2)5-6-22-7-8-23-9-10-24-11-12-25-13-14-26-15-16-27-17-20(21)19(3)4/h18-19H,5-17H2,1-4H3. The average Bonchev–Trinajstić information content (AvgIpc) is 2.63. The van der Waals surface area contributed by atoms with E-state index in [1.54, 1.807) is 0 Å². The summed E-state index contributed by atoms with van der Waals surface area (Å²) in [5.74, 6) is 0.800. The highest BCUT2D eigenvalue weighted by Gasteiger charge is 2.06. The van der Waals surface area contributed by atoms with Gasteiger partial charge in [0.15, 0.2) is 5.78 Å². The lowest BCUT2D eigenvalue weighted by atomic mass is 10.1. The molecule has 0 bridgehead atoms. The molecule has 0 aromatic heterocycles. The van der Waals surface area contributed by atoms with Crippen molar-refractivity contribution >= 4 is 5.78 Å². The van der Waals surface area contributed by atoms with Gasteiger partial charge in [-0.3, -0.25) is 4.79 Å². The molecule has 0 rings (SSSR count). The summed E-state index contributed by atoms with van der Waals surface area (Å²) in [6.45, 7) is 14.4. The lowest BCUT2D eigenvalue weighted by Crippen LogP contribution is -2.17. The largest absolute Gasteiger partial charge is 0.379 e. The molecule has 0 spiro atoms. The molecule has 0 fully saturated rings. The quantitative estimate of drug-likeness (QED) is 0.278. The number of hydrogen-bond donors (Lipinski definition) is 0. The maximum absolute atomic E-state index is 11.3. The van der Waals surface area contributed by atoms with Crippen LogP contribution in [0.1, 0.15) is 34.1 Å². The fourth-order valence-corrected chi connectivity index (χ4v) is 1.76. The molecule has 0 amide bonds. The number of carbonyl (C=O) groups excluding carboxylic acids is 1. The first-order valence-corrected chi connectivity index (χ1v) is 10.0. The Morgan fingerprint density at radius 2 is 0.889 bits per heavy atom. The molecule has 0 atom stereocenters. The first kappa shape index (κ1) is 26.4. The van der Waals surface area contributed by atoms with Gasteiger partial charge in [0.2, 0.25) is 0 Å². The van der Waals surface area contributed by atoms with Gasteiger partial charge in [-0.15, -0.1) is 0 Å². The van der Waals surface area contributed by atoms with E-state index in [0.717, 1.165) is 13.0 Å². The van der Waals surface area contributed by atoms with E-state index in [1.165, 1.54) is 0 Å². The van der Waals surface area contributed by atoms with Crippen LogP contribution in [0.15, 0.2) is 0 Å². The van der Waals surface area contributed by atoms with Gasteiger partial charge in [0.25, 0.3) is 0 Å². The number of carbonyl (C=O) groups is 1. The predicted octanol–water partition coefficient (Wildman–Crippen LogP) is 2.36. The van der Waals surface area contributed by atoms with Crippen LogP contribution in [-0.4, -0.2) is 85.1 Å².